The molecule has 0 aromatic heterocycles. The number of hydrogen-bond acceptors (Lipinski definition) is 2. The fourth-order valence-corrected chi connectivity index (χ4v) is 1.60. The standard InChI is InChI=1S/C13H27NO/c1-7-9-14-12(10-11(3)4)13(5,6)15-8-2/h10,12,14H,7-9H2,1-6H3. The molecule has 0 spiro atoms. The van der Waals surface area contributed by atoms with Crippen LogP contribution in [0.2, 0.25) is 0 Å². The summed E-state index contributed by atoms with van der Waals surface area (Å²) in [6.45, 7) is 14.6. The van der Waals surface area contributed by atoms with E-state index in [2.05, 4.69) is 46.0 Å². The van der Waals surface area contributed by atoms with Crippen molar-refractivity contribution in [1.82, 2.24) is 5.32 Å². The molecule has 2 heteroatoms. The van der Waals surface area contributed by atoms with E-state index in [1.165, 1.54) is 5.57 Å². The average Bonchev–Trinajstić information content (AvgIpc) is 2.11. The van der Waals surface area contributed by atoms with Gasteiger partial charge in [-0.25, -0.2) is 0 Å². The third-order valence-corrected chi connectivity index (χ3v) is 2.38. The molecule has 15 heavy (non-hydrogen) atoms. The van der Waals surface area contributed by atoms with Crippen LogP contribution in [0.15, 0.2) is 11.6 Å². The molecule has 90 valence electrons. The highest BCUT2D eigenvalue weighted by molar-refractivity contribution is 5.07. The molecule has 1 N–H and O–H groups in total. The van der Waals surface area contributed by atoms with Gasteiger partial charge in [0.1, 0.15) is 0 Å². The molecule has 0 fully saturated rings. The van der Waals surface area contributed by atoms with E-state index in [4.69, 9.17) is 4.74 Å². The number of rotatable bonds is 7. The molecule has 1 unspecified atom stereocenters. The third kappa shape index (κ3) is 5.95. The van der Waals surface area contributed by atoms with Crippen molar-refractivity contribution in [2.24, 2.45) is 0 Å². The summed E-state index contributed by atoms with van der Waals surface area (Å²) in [5.41, 5.74) is 1.19. The zero-order chi connectivity index (χ0) is 11.9. The molecule has 0 aromatic rings. The summed E-state index contributed by atoms with van der Waals surface area (Å²) >= 11 is 0. The van der Waals surface area contributed by atoms with Gasteiger partial charge in [-0.2, -0.15) is 0 Å². The highest BCUT2D eigenvalue weighted by Gasteiger charge is 2.27. The average molecular weight is 213 g/mol. The summed E-state index contributed by atoms with van der Waals surface area (Å²) in [6, 6.07) is 0.294. The second-order valence-electron chi connectivity index (χ2n) is 4.71. The van der Waals surface area contributed by atoms with Crippen LogP contribution in [0.1, 0.15) is 48.0 Å². The Morgan fingerprint density at radius 3 is 2.33 bits per heavy atom. The van der Waals surface area contributed by atoms with Crippen molar-refractivity contribution >= 4 is 0 Å². The molecular weight excluding hydrogens is 186 g/mol. The van der Waals surface area contributed by atoms with Gasteiger partial charge in [0.05, 0.1) is 11.6 Å². The van der Waals surface area contributed by atoms with Crippen molar-refractivity contribution in [3.05, 3.63) is 11.6 Å². The summed E-state index contributed by atoms with van der Waals surface area (Å²) in [4.78, 5) is 0. The first-order valence-corrected chi connectivity index (χ1v) is 5.96. The fraction of sp³-hybridized carbons (Fsp3) is 0.846. The van der Waals surface area contributed by atoms with Crippen LogP contribution in [0.4, 0.5) is 0 Å². The van der Waals surface area contributed by atoms with Gasteiger partial charge >= 0.3 is 0 Å². The van der Waals surface area contributed by atoms with Crippen molar-refractivity contribution in [3.63, 3.8) is 0 Å². The van der Waals surface area contributed by atoms with Gasteiger partial charge < -0.3 is 10.1 Å². The lowest BCUT2D eigenvalue weighted by Crippen LogP contribution is -2.47. The van der Waals surface area contributed by atoms with Crippen molar-refractivity contribution in [3.8, 4) is 0 Å². The molecular formula is C13H27NO. The van der Waals surface area contributed by atoms with E-state index in [-0.39, 0.29) is 5.60 Å². The topological polar surface area (TPSA) is 21.3 Å². The van der Waals surface area contributed by atoms with Crippen LogP contribution in [0, 0.1) is 0 Å². The van der Waals surface area contributed by atoms with Crippen LogP contribution in [-0.2, 0) is 4.74 Å². The first-order chi connectivity index (χ1) is 6.94. The fourth-order valence-electron chi connectivity index (χ4n) is 1.60. The zero-order valence-electron chi connectivity index (χ0n) is 11.2. The summed E-state index contributed by atoms with van der Waals surface area (Å²) in [5, 5.41) is 3.52. The lowest BCUT2D eigenvalue weighted by atomic mass is 9.96. The minimum Gasteiger partial charge on any atom is -0.374 e. The number of ether oxygens (including phenoxy) is 1. The molecule has 0 amide bonds. The molecule has 0 heterocycles. The molecule has 0 aromatic carbocycles. The summed E-state index contributed by atoms with van der Waals surface area (Å²) < 4.78 is 5.78. The first-order valence-electron chi connectivity index (χ1n) is 5.96. The maximum atomic E-state index is 5.78. The maximum absolute atomic E-state index is 5.78. The number of nitrogens with one attached hydrogen (secondary N) is 1. The molecule has 0 saturated carbocycles. The monoisotopic (exact) mass is 213 g/mol. The van der Waals surface area contributed by atoms with Gasteiger partial charge in [-0.1, -0.05) is 18.6 Å². The van der Waals surface area contributed by atoms with E-state index in [1.54, 1.807) is 0 Å². The van der Waals surface area contributed by atoms with E-state index in [1.807, 2.05) is 6.92 Å². The highest BCUT2D eigenvalue weighted by atomic mass is 16.5. The van der Waals surface area contributed by atoms with Crippen molar-refractivity contribution in [1.29, 1.82) is 0 Å². The molecule has 0 radical (unpaired) electrons. The Labute approximate surface area is 95.1 Å². The van der Waals surface area contributed by atoms with E-state index < -0.39 is 0 Å². The van der Waals surface area contributed by atoms with Crippen LogP contribution in [-0.4, -0.2) is 24.8 Å². The van der Waals surface area contributed by atoms with Crippen LogP contribution >= 0.6 is 0 Å². The molecule has 1 atom stereocenters. The second kappa shape index (κ2) is 7.02. The van der Waals surface area contributed by atoms with Gasteiger partial charge in [-0.15, -0.1) is 0 Å². The SMILES string of the molecule is CCCNC(C=C(C)C)C(C)(C)OCC. The Hall–Kier alpha value is -0.340. The van der Waals surface area contributed by atoms with E-state index in [0.717, 1.165) is 19.6 Å². The number of hydrogen-bond donors (Lipinski definition) is 1. The third-order valence-electron chi connectivity index (χ3n) is 2.38. The predicted molar refractivity (Wildman–Crippen MR) is 67.2 cm³/mol. The first kappa shape index (κ1) is 14.7. The number of allylic oxidation sites excluding steroid dienone is 1. The van der Waals surface area contributed by atoms with Crippen LogP contribution in [0.3, 0.4) is 0 Å². The van der Waals surface area contributed by atoms with Crippen molar-refractivity contribution < 1.29 is 4.74 Å². The Kier molecular flexibility index (Phi) is 6.86. The van der Waals surface area contributed by atoms with Gasteiger partial charge in [-0.05, 0) is 47.6 Å². The van der Waals surface area contributed by atoms with Crippen molar-refractivity contribution in [2.45, 2.75) is 59.6 Å². The normalized spacial score (nSPS) is 13.7. The Morgan fingerprint density at radius 1 is 1.33 bits per heavy atom. The predicted octanol–water partition coefficient (Wildman–Crippen LogP) is 3.14. The van der Waals surface area contributed by atoms with E-state index in [0.29, 0.717) is 6.04 Å². The largest absolute Gasteiger partial charge is 0.374 e. The van der Waals surface area contributed by atoms with Crippen molar-refractivity contribution in [2.75, 3.05) is 13.2 Å². The Morgan fingerprint density at radius 2 is 1.93 bits per heavy atom. The lowest BCUT2D eigenvalue weighted by molar-refractivity contribution is -0.0268. The molecule has 0 aliphatic heterocycles. The van der Waals surface area contributed by atoms with Gasteiger partial charge in [0, 0.05) is 6.61 Å². The highest BCUT2D eigenvalue weighted by Crippen LogP contribution is 2.17. The van der Waals surface area contributed by atoms with Gasteiger partial charge in [0.2, 0.25) is 0 Å². The van der Waals surface area contributed by atoms with Gasteiger partial charge in [0.25, 0.3) is 0 Å². The van der Waals surface area contributed by atoms with Crippen LogP contribution < -0.4 is 5.32 Å². The van der Waals surface area contributed by atoms with Crippen LogP contribution in [0.5, 0.6) is 0 Å². The minimum atomic E-state index is -0.138. The van der Waals surface area contributed by atoms with Crippen LogP contribution in [0.25, 0.3) is 0 Å². The summed E-state index contributed by atoms with van der Waals surface area (Å²) in [5.74, 6) is 0. The molecule has 0 rings (SSSR count). The smallest absolute Gasteiger partial charge is 0.0814 e. The minimum absolute atomic E-state index is 0.138. The Balaban J connectivity index is 4.52. The lowest BCUT2D eigenvalue weighted by Gasteiger charge is -2.33. The van der Waals surface area contributed by atoms with Gasteiger partial charge in [0.15, 0.2) is 0 Å². The van der Waals surface area contributed by atoms with E-state index >= 15 is 0 Å². The molecule has 0 aliphatic rings. The molecule has 0 saturated heterocycles. The molecule has 0 bridgehead atoms. The van der Waals surface area contributed by atoms with Gasteiger partial charge in [-0.3, -0.25) is 0 Å². The Bertz CT molecular complexity index is 193. The molecule has 2 nitrogen and oxygen atoms in total. The summed E-state index contributed by atoms with van der Waals surface area (Å²) in [7, 11) is 0. The maximum Gasteiger partial charge on any atom is 0.0814 e. The summed E-state index contributed by atoms with van der Waals surface area (Å²) in [6.07, 6.45) is 3.40. The zero-order valence-corrected chi connectivity index (χ0v) is 11.2. The quantitative estimate of drug-likeness (QED) is 0.656. The second-order valence-corrected chi connectivity index (χ2v) is 4.71. The molecule has 0 aliphatic carbocycles. The van der Waals surface area contributed by atoms with E-state index in [9.17, 15) is 0 Å².